The lowest BCUT2D eigenvalue weighted by atomic mass is 10.1. The fourth-order valence-corrected chi connectivity index (χ4v) is 2.53. The van der Waals surface area contributed by atoms with Crippen molar-refractivity contribution in [2.75, 3.05) is 0 Å². The van der Waals surface area contributed by atoms with E-state index in [4.69, 9.17) is 9.84 Å². The number of benzene rings is 1. The fraction of sp³-hybridized carbons (Fsp3) is 0.500. The monoisotopic (exact) mass is 291 g/mol. The third-order valence-electron chi connectivity index (χ3n) is 3.84. The van der Waals surface area contributed by atoms with E-state index < -0.39 is 12.1 Å². The second-order valence-electron chi connectivity index (χ2n) is 5.49. The number of amides is 1. The fourth-order valence-electron chi connectivity index (χ4n) is 2.53. The molecule has 1 aromatic rings. The number of carboxylic acids is 1. The van der Waals surface area contributed by atoms with Crippen LogP contribution in [0.1, 0.15) is 31.7 Å². The van der Waals surface area contributed by atoms with Crippen molar-refractivity contribution in [3.8, 4) is 0 Å². The Morgan fingerprint density at radius 1 is 1.33 bits per heavy atom. The summed E-state index contributed by atoms with van der Waals surface area (Å²) < 4.78 is 5.55. The molecular weight excluding hydrogens is 270 g/mol. The maximum absolute atomic E-state index is 12.0. The van der Waals surface area contributed by atoms with Gasteiger partial charge in [-0.15, -0.1) is 0 Å². The molecule has 0 aromatic heterocycles. The molecule has 0 saturated heterocycles. The zero-order valence-electron chi connectivity index (χ0n) is 12.1. The van der Waals surface area contributed by atoms with Gasteiger partial charge >= 0.3 is 5.97 Å². The lowest BCUT2D eigenvalue weighted by molar-refractivity contribution is -0.141. The average Bonchev–Trinajstić information content (AvgIpc) is 2.94. The van der Waals surface area contributed by atoms with Gasteiger partial charge in [0.2, 0.25) is 5.91 Å². The first kappa shape index (κ1) is 15.5. The number of hydrogen-bond donors (Lipinski definition) is 2. The minimum absolute atomic E-state index is 0.0543. The van der Waals surface area contributed by atoms with Crippen molar-refractivity contribution in [2.24, 2.45) is 5.92 Å². The highest BCUT2D eigenvalue weighted by Crippen LogP contribution is 2.25. The molecule has 0 spiro atoms. The lowest BCUT2D eigenvalue weighted by Gasteiger charge is -2.17. The molecule has 5 nitrogen and oxygen atoms in total. The topological polar surface area (TPSA) is 75.6 Å². The van der Waals surface area contributed by atoms with Crippen LogP contribution in [0.3, 0.4) is 0 Å². The van der Waals surface area contributed by atoms with Crippen molar-refractivity contribution in [2.45, 2.75) is 44.9 Å². The summed E-state index contributed by atoms with van der Waals surface area (Å²) in [4.78, 5) is 22.9. The van der Waals surface area contributed by atoms with E-state index in [9.17, 15) is 9.59 Å². The third-order valence-corrected chi connectivity index (χ3v) is 3.84. The first-order valence-electron chi connectivity index (χ1n) is 7.25. The first-order chi connectivity index (χ1) is 10.1. The number of aliphatic carboxylic acids is 1. The molecule has 21 heavy (non-hydrogen) atoms. The SMILES string of the molecule is CC(OCc1ccccc1)C(=O)NC1CCC(C(=O)O)C1. The van der Waals surface area contributed by atoms with E-state index in [2.05, 4.69) is 5.32 Å². The van der Waals surface area contributed by atoms with Crippen LogP contribution in [0.15, 0.2) is 30.3 Å². The molecule has 3 atom stereocenters. The maximum Gasteiger partial charge on any atom is 0.306 e. The van der Waals surface area contributed by atoms with Crippen molar-refractivity contribution in [3.05, 3.63) is 35.9 Å². The summed E-state index contributed by atoms with van der Waals surface area (Å²) >= 11 is 0. The molecule has 1 aromatic carbocycles. The van der Waals surface area contributed by atoms with Crippen LogP contribution < -0.4 is 5.32 Å². The van der Waals surface area contributed by atoms with Gasteiger partial charge in [0.15, 0.2) is 0 Å². The van der Waals surface area contributed by atoms with Gasteiger partial charge in [-0.1, -0.05) is 30.3 Å². The molecule has 1 aliphatic carbocycles. The standard InChI is InChI=1S/C16H21NO4/c1-11(21-10-12-5-3-2-4-6-12)15(18)17-14-8-7-13(9-14)16(19)20/h2-6,11,13-14H,7-10H2,1H3,(H,17,18)(H,19,20). The zero-order valence-corrected chi connectivity index (χ0v) is 12.1. The van der Waals surface area contributed by atoms with Gasteiger partial charge in [-0.25, -0.2) is 0 Å². The van der Waals surface area contributed by atoms with Gasteiger partial charge in [0.1, 0.15) is 6.10 Å². The highest BCUT2D eigenvalue weighted by molar-refractivity contribution is 5.80. The van der Waals surface area contributed by atoms with E-state index in [1.54, 1.807) is 6.92 Å². The molecule has 0 aliphatic heterocycles. The number of carbonyl (C=O) groups excluding carboxylic acids is 1. The lowest BCUT2D eigenvalue weighted by Crippen LogP contribution is -2.40. The molecule has 1 saturated carbocycles. The number of hydrogen-bond acceptors (Lipinski definition) is 3. The summed E-state index contributed by atoms with van der Waals surface area (Å²) in [7, 11) is 0. The first-order valence-corrected chi connectivity index (χ1v) is 7.25. The Bertz CT molecular complexity index is 488. The molecule has 2 rings (SSSR count). The molecule has 2 N–H and O–H groups in total. The summed E-state index contributed by atoms with van der Waals surface area (Å²) in [5.41, 5.74) is 1.02. The molecule has 114 valence electrons. The van der Waals surface area contributed by atoms with E-state index in [0.717, 1.165) is 5.56 Å². The minimum atomic E-state index is -0.778. The minimum Gasteiger partial charge on any atom is -0.481 e. The maximum atomic E-state index is 12.0. The van der Waals surface area contributed by atoms with Gasteiger partial charge in [-0.2, -0.15) is 0 Å². The third kappa shape index (κ3) is 4.56. The Kier molecular flexibility index (Phi) is 5.33. The van der Waals surface area contributed by atoms with E-state index in [0.29, 0.717) is 25.9 Å². The Hall–Kier alpha value is -1.88. The highest BCUT2D eigenvalue weighted by atomic mass is 16.5. The summed E-state index contributed by atoms with van der Waals surface area (Å²) in [6, 6.07) is 9.61. The van der Waals surface area contributed by atoms with Crippen LogP contribution in [-0.2, 0) is 20.9 Å². The Balaban J connectivity index is 1.74. The molecule has 0 heterocycles. The second-order valence-corrected chi connectivity index (χ2v) is 5.49. The van der Waals surface area contributed by atoms with Crippen LogP contribution >= 0.6 is 0 Å². The van der Waals surface area contributed by atoms with Crippen molar-refractivity contribution >= 4 is 11.9 Å². The molecular formula is C16H21NO4. The Morgan fingerprint density at radius 3 is 2.67 bits per heavy atom. The van der Waals surface area contributed by atoms with Gasteiger partial charge in [0.25, 0.3) is 0 Å². The van der Waals surface area contributed by atoms with E-state index in [1.165, 1.54) is 0 Å². The molecule has 1 fully saturated rings. The number of carbonyl (C=O) groups is 2. The Morgan fingerprint density at radius 2 is 2.05 bits per heavy atom. The van der Waals surface area contributed by atoms with Gasteiger partial charge in [0.05, 0.1) is 12.5 Å². The van der Waals surface area contributed by atoms with Gasteiger partial charge in [-0.3, -0.25) is 9.59 Å². The quantitative estimate of drug-likeness (QED) is 0.840. The predicted octanol–water partition coefficient (Wildman–Crippen LogP) is 1.96. The zero-order chi connectivity index (χ0) is 15.2. The largest absolute Gasteiger partial charge is 0.481 e. The number of ether oxygens (including phenoxy) is 1. The van der Waals surface area contributed by atoms with E-state index >= 15 is 0 Å². The molecule has 1 amide bonds. The smallest absolute Gasteiger partial charge is 0.306 e. The van der Waals surface area contributed by atoms with Crippen LogP contribution in [0.2, 0.25) is 0 Å². The van der Waals surface area contributed by atoms with Gasteiger partial charge in [0, 0.05) is 6.04 Å². The van der Waals surface area contributed by atoms with Crippen molar-refractivity contribution < 1.29 is 19.4 Å². The Labute approximate surface area is 124 Å². The molecule has 1 aliphatic rings. The summed E-state index contributed by atoms with van der Waals surface area (Å²) in [6.07, 6.45) is 1.30. The summed E-state index contributed by atoms with van der Waals surface area (Å²) in [5.74, 6) is -1.29. The van der Waals surface area contributed by atoms with E-state index in [1.807, 2.05) is 30.3 Å². The van der Waals surface area contributed by atoms with Crippen LogP contribution in [0.5, 0.6) is 0 Å². The number of rotatable bonds is 6. The molecule has 0 bridgehead atoms. The second kappa shape index (κ2) is 7.22. The summed E-state index contributed by atoms with van der Waals surface area (Å²) in [6.45, 7) is 2.10. The molecule has 5 heteroatoms. The van der Waals surface area contributed by atoms with Crippen LogP contribution in [0, 0.1) is 5.92 Å². The molecule has 3 unspecified atom stereocenters. The average molecular weight is 291 g/mol. The normalized spacial score (nSPS) is 22.7. The van der Waals surface area contributed by atoms with Crippen molar-refractivity contribution in [3.63, 3.8) is 0 Å². The molecule has 0 radical (unpaired) electrons. The van der Waals surface area contributed by atoms with Crippen molar-refractivity contribution in [1.82, 2.24) is 5.32 Å². The number of carboxylic acid groups (broad SMARTS) is 1. The van der Waals surface area contributed by atoms with E-state index in [-0.39, 0.29) is 17.9 Å². The van der Waals surface area contributed by atoms with Gasteiger partial charge < -0.3 is 15.2 Å². The number of nitrogens with one attached hydrogen (secondary N) is 1. The van der Waals surface area contributed by atoms with Crippen LogP contribution in [0.4, 0.5) is 0 Å². The highest BCUT2D eigenvalue weighted by Gasteiger charge is 2.31. The summed E-state index contributed by atoms with van der Waals surface area (Å²) in [5, 5.41) is 11.8. The predicted molar refractivity (Wildman–Crippen MR) is 77.6 cm³/mol. The van der Waals surface area contributed by atoms with Crippen LogP contribution in [-0.4, -0.2) is 29.1 Å². The van der Waals surface area contributed by atoms with Gasteiger partial charge in [-0.05, 0) is 31.7 Å². The van der Waals surface area contributed by atoms with Crippen LogP contribution in [0.25, 0.3) is 0 Å². The van der Waals surface area contributed by atoms with Crippen molar-refractivity contribution in [1.29, 1.82) is 0 Å².